The molecule has 3 N–H and O–H groups in total. The number of methoxy groups -OCH3 is 2. The Morgan fingerprint density at radius 3 is 2.20 bits per heavy atom. The SMILES string of the molecule is COc1cc(OC)c(NC(=O)C(C)Sc2ccc(NC(=O)/C(=C/c3ccccc3[N+](=O)[O-])NC(=O)c3ccccc3)cc2)cc1Cl. The minimum Gasteiger partial charge on any atom is -0.495 e. The van der Waals surface area contributed by atoms with Crippen LogP contribution in [0.2, 0.25) is 5.02 Å². The quantitative estimate of drug-likeness (QED) is 0.0651. The summed E-state index contributed by atoms with van der Waals surface area (Å²) in [5.41, 5.74) is 0.812. The lowest BCUT2D eigenvalue weighted by Gasteiger charge is -2.16. The maximum Gasteiger partial charge on any atom is 0.276 e. The Kier molecular flexibility index (Phi) is 11.4. The number of carbonyl (C=O) groups is 3. The lowest BCUT2D eigenvalue weighted by Crippen LogP contribution is -2.30. The second-order valence-corrected chi connectivity index (χ2v) is 11.4. The van der Waals surface area contributed by atoms with Crippen LogP contribution in [-0.4, -0.2) is 42.1 Å². The topological polar surface area (TPSA) is 149 Å². The van der Waals surface area contributed by atoms with Gasteiger partial charge in [-0.15, -0.1) is 11.8 Å². The molecule has 1 atom stereocenters. The molecule has 46 heavy (non-hydrogen) atoms. The number of nitro benzene ring substituents is 1. The lowest BCUT2D eigenvalue weighted by molar-refractivity contribution is -0.385. The number of para-hydroxylation sites is 1. The number of nitrogens with one attached hydrogen (secondary N) is 3. The molecule has 11 nitrogen and oxygen atoms in total. The van der Waals surface area contributed by atoms with Gasteiger partial charge in [0.15, 0.2) is 0 Å². The molecule has 0 saturated heterocycles. The van der Waals surface area contributed by atoms with Crippen LogP contribution < -0.4 is 25.4 Å². The number of rotatable bonds is 12. The van der Waals surface area contributed by atoms with Crippen LogP contribution in [0.25, 0.3) is 6.08 Å². The van der Waals surface area contributed by atoms with E-state index in [1.54, 1.807) is 79.7 Å². The van der Waals surface area contributed by atoms with Crippen molar-refractivity contribution < 1.29 is 28.8 Å². The largest absolute Gasteiger partial charge is 0.495 e. The Morgan fingerprint density at radius 2 is 1.54 bits per heavy atom. The monoisotopic (exact) mass is 660 g/mol. The van der Waals surface area contributed by atoms with Crippen molar-refractivity contribution in [3.63, 3.8) is 0 Å². The Labute approximate surface area is 274 Å². The summed E-state index contributed by atoms with van der Waals surface area (Å²) in [6.45, 7) is 1.74. The minimum atomic E-state index is -0.692. The van der Waals surface area contributed by atoms with Gasteiger partial charge in [0, 0.05) is 28.3 Å². The normalized spacial score (nSPS) is 11.6. The van der Waals surface area contributed by atoms with Gasteiger partial charge in [-0.3, -0.25) is 24.5 Å². The number of hydrogen-bond donors (Lipinski definition) is 3. The molecule has 0 saturated carbocycles. The third-order valence-corrected chi connectivity index (χ3v) is 7.90. The number of hydrogen-bond acceptors (Lipinski definition) is 8. The number of ether oxygens (including phenoxy) is 2. The van der Waals surface area contributed by atoms with Crippen molar-refractivity contribution >= 4 is 64.2 Å². The van der Waals surface area contributed by atoms with E-state index in [9.17, 15) is 24.5 Å². The minimum absolute atomic E-state index is 0.138. The Hall–Kier alpha value is -5.33. The predicted molar refractivity (Wildman–Crippen MR) is 179 cm³/mol. The highest BCUT2D eigenvalue weighted by Crippen LogP contribution is 2.36. The van der Waals surface area contributed by atoms with Crippen molar-refractivity contribution in [1.29, 1.82) is 0 Å². The molecular formula is C33H29ClN4O7S. The third kappa shape index (κ3) is 8.65. The molecule has 4 rings (SSSR count). The van der Waals surface area contributed by atoms with E-state index in [-0.39, 0.29) is 22.9 Å². The standard InChI is InChI=1S/C33H29ClN4O7S/c1-20(31(39)36-26-18-25(34)29(44-2)19-30(26)45-3)46-24-15-13-23(14-16-24)35-33(41)27(37-32(40)21-9-5-4-6-10-21)17-22-11-7-8-12-28(22)38(42)43/h4-20H,1-3H3,(H,35,41)(H,36,39)(H,37,40)/b27-17-. The van der Waals surface area contributed by atoms with Crippen molar-refractivity contribution in [2.24, 2.45) is 0 Å². The first-order valence-corrected chi connectivity index (χ1v) is 15.0. The molecule has 4 aromatic carbocycles. The molecule has 0 aliphatic heterocycles. The van der Waals surface area contributed by atoms with Crippen LogP contribution in [0.15, 0.2) is 102 Å². The molecule has 0 fully saturated rings. The van der Waals surface area contributed by atoms with E-state index in [1.165, 1.54) is 50.3 Å². The van der Waals surface area contributed by atoms with E-state index < -0.39 is 22.0 Å². The molecular weight excluding hydrogens is 632 g/mol. The van der Waals surface area contributed by atoms with E-state index in [2.05, 4.69) is 16.0 Å². The summed E-state index contributed by atoms with van der Waals surface area (Å²) in [5.74, 6) is -0.742. The summed E-state index contributed by atoms with van der Waals surface area (Å²) >= 11 is 7.50. The van der Waals surface area contributed by atoms with Crippen molar-refractivity contribution in [2.75, 3.05) is 24.9 Å². The highest BCUT2D eigenvalue weighted by molar-refractivity contribution is 8.00. The smallest absolute Gasteiger partial charge is 0.276 e. The fourth-order valence-corrected chi connectivity index (χ4v) is 5.25. The van der Waals surface area contributed by atoms with Gasteiger partial charge in [0.1, 0.15) is 17.2 Å². The number of nitro groups is 1. The molecule has 0 aliphatic carbocycles. The maximum absolute atomic E-state index is 13.4. The molecule has 236 valence electrons. The fraction of sp³-hybridized carbons (Fsp3) is 0.121. The molecule has 0 spiro atoms. The second kappa shape index (κ2) is 15.6. The summed E-state index contributed by atoms with van der Waals surface area (Å²) in [7, 11) is 2.95. The van der Waals surface area contributed by atoms with Gasteiger partial charge in [-0.25, -0.2) is 0 Å². The molecule has 0 radical (unpaired) electrons. The molecule has 1 unspecified atom stereocenters. The van der Waals surface area contributed by atoms with E-state index in [1.807, 2.05) is 0 Å². The second-order valence-electron chi connectivity index (χ2n) is 9.61. The van der Waals surface area contributed by atoms with Gasteiger partial charge in [0.25, 0.3) is 17.5 Å². The van der Waals surface area contributed by atoms with E-state index in [0.717, 1.165) is 4.90 Å². The number of thioether (sulfide) groups is 1. The summed E-state index contributed by atoms with van der Waals surface area (Å²) in [6.07, 6.45) is 1.25. The molecule has 0 bridgehead atoms. The molecule has 0 aliphatic rings. The summed E-state index contributed by atoms with van der Waals surface area (Å²) in [4.78, 5) is 50.9. The molecule has 0 aromatic heterocycles. The number of nitrogens with zero attached hydrogens (tertiary/aromatic N) is 1. The molecule has 0 heterocycles. The molecule has 3 amide bonds. The van der Waals surface area contributed by atoms with Crippen LogP contribution >= 0.6 is 23.4 Å². The van der Waals surface area contributed by atoms with Crippen molar-refractivity contribution in [3.05, 3.63) is 123 Å². The van der Waals surface area contributed by atoms with Gasteiger partial charge < -0.3 is 25.4 Å². The zero-order valence-electron chi connectivity index (χ0n) is 24.9. The average molecular weight is 661 g/mol. The Morgan fingerprint density at radius 1 is 0.891 bits per heavy atom. The maximum atomic E-state index is 13.4. The van der Waals surface area contributed by atoms with Crippen LogP contribution in [-0.2, 0) is 9.59 Å². The van der Waals surface area contributed by atoms with E-state index >= 15 is 0 Å². The van der Waals surface area contributed by atoms with Crippen LogP contribution in [0.3, 0.4) is 0 Å². The van der Waals surface area contributed by atoms with Crippen LogP contribution in [0.5, 0.6) is 11.5 Å². The van der Waals surface area contributed by atoms with Crippen LogP contribution in [0.4, 0.5) is 17.1 Å². The fourth-order valence-electron chi connectivity index (χ4n) is 4.14. The number of benzene rings is 4. The zero-order chi connectivity index (χ0) is 33.2. The summed E-state index contributed by atoms with van der Waals surface area (Å²) in [6, 6.07) is 24.0. The molecule has 4 aromatic rings. The van der Waals surface area contributed by atoms with Crippen molar-refractivity contribution in [1.82, 2.24) is 5.32 Å². The molecule has 13 heteroatoms. The summed E-state index contributed by atoms with van der Waals surface area (Å²) < 4.78 is 10.5. The summed E-state index contributed by atoms with van der Waals surface area (Å²) in [5, 5.41) is 19.5. The van der Waals surface area contributed by atoms with Gasteiger partial charge >= 0.3 is 0 Å². The Balaban J connectivity index is 1.47. The van der Waals surface area contributed by atoms with Gasteiger partial charge in [0.2, 0.25) is 5.91 Å². The van der Waals surface area contributed by atoms with E-state index in [4.69, 9.17) is 21.1 Å². The van der Waals surface area contributed by atoms with Crippen LogP contribution in [0.1, 0.15) is 22.8 Å². The van der Waals surface area contributed by atoms with E-state index in [0.29, 0.717) is 33.5 Å². The van der Waals surface area contributed by atoms with Crippen LogP contribution in [0, 0.1) is 10.1 Å². The van der Waals surface area contributed by atoms with Gasteiger partial charge in [-0.05, 0) is 61.5 Å². The predicted octanol–water partition coefficient (Wildman–Crippen LogP) is 6.79. The average Bonchev–Trinajstić information content (AvgIpc) is 3.05. The third-order valence-electron chi connectivity index (χ3n) is 6.49. The number of amides is 3. The van der Waals surface area contributed by atoms with Crippen molar-refractivity contribution in [3.8, 4) is 11.5 Å². The van der Waals surface area contributed by atoms with Gasteiger partial charge in [0.05, 0.1) is 40.7 Å². The number of halogens is 1. The van der Waals surface area contributed by atoms with Gasteiger partial charge in [-0.1, -0.05) is 41.9 Å². The first kappa shape index (κ1) is 33.6. The highest BCUT2D eigenvalue weighted by Gasteiger charge is 2.20. The zero-order valence-corrected chi connectivity index (χ0v) is 26.5. The first-order chi connectivity index (χ1) is 22.1. The van der Waals surface area contributed by atoms with Gasteiger partial charge in [-0.2, -0.15) is 0 Å². The Bertz CT molecular complexity index is 1780. The number of anilines is 2. The number of carbonyl (C=O) groups excluding carboxylic acids is 3. The highest BCUT2D eigenvalue weighted by atomic mass is 35.5. The van der Waals surface area contributed by atoms with Crippen molar-refractivity contribution in [2.45, 2.75) is 17.1 Å². The lowest BCUT2D eigenvalue weighted by atomic mass is 10.1. The first-order valence-electron chi connectivity index (χ1n) is 13.7.